The van der Waals surface area contributed by atoms with E-state index in [2.05, 4.69) is 12.1 Å². The number of hydrogen-bond donors (Lipinski definition) is 1. The fraction of sp³-hybridized carbons (Fsp3) is 0.167. The van der Waals surface area contributed by atoms with Crippen LogP contribution in [0.4, 0.5) is 0 Å². The van der Waals surface area contributed by atoms with Crippen LogP contribution in [0.15, 0.2) is 47.2 Å². The molecule has 0 saturated carbocycles. The number of aliphatic hydroxyl groups is 1. The Morgan fingerprint density at radius 3 is 2.67 bits per heavy atom. The Morgan fingerprint density at radius 2 is 2.00 bits per heavy atom. The molecule has 0 aliphatic carbocycles. The van der Waals surface area contributed by atoms with Crippen LogP contribution in [0.2, 0.25) is 5.32 Å². The maximum absolute atomic E-state index is 9.89. The molecule has 0 fully saturated rings. The van der Waals surface area contributed by atoms with Gasteiger partial charge >= 0.3 is 100 Å². The quantitative estimate of drug-likeness (QED) is 0.853. The summed E-state index contributed by atoms with van der Waals surface area (Å²) >= 11 is 2.00. The second-order valence-corrected chi connectivity index (χ2v) is 6.27. The van der Waals surface area contributed by atoms with Gasteiger partial charge in [-0.05, 0) is 0 Å². The van der Waals surface area contributed by atoms with Gasteiger partial charge in [-0.2, -0.15) is 0 Å². The average molecular weight is 283 g/mol. The summed E-state index contributed by atoms with van der Waals surface area (Å²) < 4.78 is 1.35. The van der Waals surface area contributed by atoms with Crippen molar-refractivity contribution in [2.24, 2.45) is 0 Å². The van der Waals surface area contributed by atoms with Gasteiger partial charge in [0.2, 0.25) is 0 Å². The summed E-state index contributed by atoms with van der Waals surface area (Å²) in [5.74, 6) is 0. The molecule has 1 aromatic carbocycles. The first-order valence-electron chi connectivity index (χ1n) is 4.74. The first-order chi connectivity index (χ1) is 7.36. The van der Waals surface area contributed by atoms with Crippen LogP contribution in [-0.4, -0.2) is 20.1 Å². The molecular formula is C12H12OSSe. The summed E-state index contributed by atoms with van der Waals surface area (Å²) in [7, 11) is 0. The van der Waals surface area contributed by atoms with E-state index in [-0.39, 0.29) is 6.10 Å². The SMILES string of the molecule is O[C@@H](C[Se]c1ccccc1)c1ccsc1. The second-order valence-electron chi connectivity index (χ2n) is 3.20. The first kappa shape index (κ1) is 10.9. The van der Waals surface area contributed by atoms with E-state index in [0.717, 1.165) is 10.9 Å². The van der Waals surface area contributed by atoms with Crippen molar-refractivity contribution in [3.05, 3.63) is 52.7 Å². The van der Waals surface area contributed by atoms with E-state index >= 15 is 0 Å². The van der Waals surface area contributed by atoms with E-state index in [0.29, 0.717) is 15.0 Å². The molecule has 1 nitrogen and oxygen atoms in total. The van der Waals surface area contributed by atoms with E-state index in [1.165, 1.54) is 4.46 Å². The van der Waals surface area contributed by atoms with Gasteiger partial charge < -0.3 is 0 Å². The van der Waals surface area contributed by atoms with E-state index in [1.54, 1.807) is 11.3 Å². The summed E-state index contributed by atoms with van der Waals surface area (Å²) in [5, 5.41) is 14.8. The minimum absolute atomic E-state index is 0.295. The Labute approximate surface area is 99.9 Å². The van der Waals surface area contributed by atoms with Crippen LogP contribution >= 0.6 is 11.3 Å². The zero-order chi connectivity index (χ0) is 10.5. The summed E-state index contributed by atoms with van der Waals surface area (Å²) in [4.78, 5) is 0. The average Bonchev–Trinajstić information content (AvgIpc) is 2.81. The molecule has 1 heterocycles. The van der Waals surface area contributed by atoms with E-state index < -0.39 is 0 Å². The van der Waals surface area contributed by atoms with Gasteiger partial charge in [0.15, 0.2) is 0 Å². The fourth-order valence-electron chi connectivity index (χ4n) is 1.25. The molecule has 2 rings (SSSR count). The summed E-state index contributed by atoms with van der Waals surface area (Å²) in [6, 6.07) is 12.4. The molecule has 1 atom stereocenters. The van der Waals surface area contributed by atoms with Gasteiger partial charge in [-0.15, -0.1) is 0 Å². The minimum atomic E-state index is -0.295. The van der Waals surface area contributed by atoms with Crippen molar-refractivity contribution in [3.63, 3.8) is 0 Å². The van der Waals surface area contributed by atoms with Crippen LogP contribution in [0.1, 0.15) is 11.7 Å². The number of benzene rings is 1. The molecule has 0 bridgehead atoms. The molecule has 3 heteroatoms. The number of aliphatic hydroxyl groups excluding tert-OH is 1. The van der Waals surface area contributed by atoms with Gasteiger partial charge in [0.25, 0.3) is 0 Å². The standard InChI is InChI=1S/C12H12OSSe/c13-12(10-6-7-14-8-10)9-15-11-4-2-1-3-5-11/h1-8,12-13H,9H2/t12-/m0/s1. The molecule has 15 heavy (non-hydrogen) atoms. The van der Waals surface area contributed by atoms with E-state index in [1.807, 2.05) is 35.0 Å². The van der Waals surface area contributed by atoms with Crippen molar-refractivity contribution in [1.29, 1.82) is 0 Å². The molecule has 0 aliphatic rings. The van der Waals surface area contributed by atoms with Gasteiger partial charge in [0.1, 0.15) is 0 Å². The van der Waals surface area contributed by atoms with Crippen LogP contribution < -0.4 is 4.46 Å². The zero-order valence-corrected chi connectivity index (χ0v) is 10.7. The summed E-state index contributed by atoms with van der Waals surface area (Å²) in [5.41, 5.74) is 1.05. The van der Waals surface area contributed by atoms with Crippen LogP contribution in [0.5, 0.6) is 0 Å². The van der Waals surface area contributed by atoms with Crippen LogP contribution in [0.25, 0.3) is 0 Å². The third-order valence-corrected chi connectivity index (χ3v) is 5.06. The molecule has 0 radical (unpaired) electrons. The molecule has 0 unspecified atom stereocenters. The van der Waals surface area contributed by atoms with Crippen molar-refractivity contribution in [1.82, 2.24) is 0 Å². The topological polar surface area (TPSA) is 20.2 Å². The molecule has 1 N–H and O–H groups in total. The van der Waals surface area contributed by atoms with Gasteiger partial charge in [0, 0.05) is 0 Å². The molecule has 0 aliphatic heterocycles. The summed E-state index contributed by atoms with van der Waals surface area (Å²) in [6.45, 7) is 0. The van der Waals surface area contributed by atoms with Gasteiger partial charge in [-0.1, -0.05) is 0 Å². The molecule has 2 aromatic rings. The zero-order valence-electron chi connectivity index (χ0n) is 8.17. The van der Waals surface area contributed by atoms with Gasteiger partial charge in [-0.25, -0.2) is 0 Å². The predicted molar refractivity (Wildman–Crippen MR) is 65.9 cm³/mol. The Balaban J connectivity index is 1.89. The van der Waals surface area contributed by atoms with Crippen LogP contribution in [0, 0.1) is 0 Å². The molecular weight excluding hydrogens is 271 g/mol. The summed E-state index contributed by atoms with van der Waals surface area (Å²) in [6.07, 6.45) is -0.295. The number of rotatable bonds is 4. The predicted octanol–water partition coefficient (Wildman–Crippen LogP) is 2.23. The molecule has 0 spiro atoms. The third-order valence-electron chi connectivity index (χ3n) is 2.08. The monoisotopic (exact) mass is 284 g/mol. The van der Waals surface area contributed by atoms with Crippen molar-refractivity contribution >= 4 is 30.8 Å². The third kappa shape index (κ3) is 3.18. The first-order valence-corrected chi connectivity index (χ1v) is 7.75. The molecule has 78 valence electrons. The Bertz CT molecular complexity index is 385. The molecule has 0 amide bonds. The Kier molecular flexibility index (Phi) is 3.98. The number of thiophene rings is 1. The van der Waals surface area contributed by atoms with Crippen molar-refractivity contribution in [3.8, 4) is 0 Å². The second kappa shape index (κ2) is 5.47. The molecule has 1 aromatic heterocycles. The van der Waals surface area contributed by atoms with E-state index in [9.17, 15) is 5.11 Å². The van der Waals surface area contributed by atoms with Crippen LogP contribution in [0.3, 0.4) is 0 Å². The van der Waals surface area contributed by atoms with Crippen molar-refractivity contribution in [2.75, 3.05) is 0 Å². The Hall–Kier alpha value is -0.601. The normalized spacial score (nSPS) is 12.6. The number of hydrogen-bond acceptors (Lipinski definition) is 2. The maximum atomic E-state index is 9.89. The van der Waals surface area contributed by atoms with Crippen molar-refractivity contribution in [2.45, 2.75) is 11.4 Å². The van der Waals surface area contributed by atoms with Gasteiger partial charge in [0.05, 0.1) is 0 Å². The molecule has 0 saturated heterocycles. The van der Waals surface area contributed by atoms with E-state index in [4.69, 9.17) is 0 Å². The fourth-order valence-corrected chi connectivity index (χ4v) is 3.83. The van der Waals surface area contributed by atoms with Crippen molar-refractivity contribution < 1.29 is 5.11 Å². The Morgan fingerprint density at radius 1 is 1.20 bits per heavy atom. The van der Waals surface area contributed by atoms with Crippen LogP contribution in [-0.2, 0) is 0 Å². The van der Waals surface area contributed by atoms with Gasteiger partial charge in [-0.3, -0.25) is 0 Å².